The molecule has 214 valence electrons. The molecule has 1 aliphatic carbocycles. The van der Waals surface area contributed by atoms with Crippen LogP contribution >= 0.6 is 0 Å². The number of aliphatic hydroxyl groups is 1. The SMILES string of the molecule is CC(=O)OCC1=CO[C@@H](OC(=O)CC(C)C)[C@H]2C1=C[C@H](OC(=O)CC(C)C)[C@]2(O)COC(=O)C(C)C(C)C. The highest BCUT2D eigenvalue weighted by atomic mass is 16.7. The average Bonchev–Trinajstić information content (AvgIpc) is 3.07. The molecule has 1 N–H and O–H groups in total. The minimum Gasteiger partial charge on any atom is -0.462 e. The van der Waals surface area contributed by atoms with Crippen molar-refractivity contribution in [3.63, 3.8) is 0 Å². The molecule has 0 spiro atoms. The molecule has 0 aromatic carbocycles. The van der Waals surface area contributed by atoms with E-state index >= 15 is 0 Å². The van der Waals surface area contributed by atoms with Crippen LogP contribution in [0.2, 0.25) is 0 Å². The molecule has 0 aromatic rings. The van der Waals surface area contributed by atoms with Crippen LogP contribution in [0.15, 0.2) is 23.5 Å². The molecule has 0 amide bonds. The van der Waals surface area contributed by atoms with Gasteiger partial charge in [0.05, 0.1) is 18.1 Å². The Morgan fingerprint density at radius 1 is 0.947 bits per heavy atom. The first kappa shape index (κ1) is 31.3. The number of esters is 4. The van der Waals surface area contributed by atoms with Crippen molar-refractivity contribution in [1.82, 2.24) is 0 Å². The highest BCUT2D eigenvalue weighted by molar-refractivity contribution is 5.73. The second-order valence-electron chi connectivity index (χ2n) is 11.3. The fourth-order valence-corrected chi connectivity index (χ4v) is 4.17. The van der Waals surface area contributed by atoms with E-state index in [1.807, 2.05) is 41.5 Å². The fraction of sp³-hybridized carbons (Fsp3) is 0.714. The minimum atomic E-state index is -2.02. The lowest BCUT2D eigenvalue weighted by molar-refractivity contribution is -0.218. The standard InChI is InChI=1S/C28H42O10/c1-15(2)9-23(30)37-22-11-21-20(12-34-19(8)29)13-35-27(38-24(31)10-16(3)4)25(21)28(22,33)14-36-26(32)18(7)17(5)6/h11,13,15-18,22,25,27,33H,9-10,12,14H2,1-8H3/t18?,22-,25+,27-,28+/m0/s1. The minimum absolute atomic E-state index is 0.00383. The summed E-state index contributed by atoms with van der Waals surface area (Å²) in [6.45, 7) is 13.4. The van der Waals surface area contributed by atoms with Gasteiger partial charge >= 0.3 is 23.9 Å². The predicted octanol–water partition coefficient (Wildman–Crippen LogP) is 3.46. The summed E-state index contributed by atoms with van der Waals surface area (Å²) in [5.74, 6) is -3.69. The lowest BCUT2D eigenvalue weighted by Crippen LogP contribution is -2.56. The van der Waals surface area contributed by atoms with Gasteiger partial charge in [-0.3, -0.25) is 19.2 Å². The maximum Gasteiger partial charge on any atom is 0.309 e. The van der Waals surface area contributed by atoms with Gasteiger partial charge in [0.1, 0.15) is 13.2 Å². The molecule has 0 saturated heterocycles. The van der Waals surface area contributed by atoms with Crippen LogP contribution < -0.4 is 0 Å². The number of carbonyl (C=O) groups excluding carboxylic acids is 4. The number of carbonyl (C=O) groups is 4. The van der Waals surface area contributed by atoms with Gasteiger partial charge in [0.2, 0.25) is 0 Å². The van der Waals surface area contributed by atoms with Gasteiger partial charge < -0.3 is 28.8 Å². The lowest BCUT2D eigenvalue weighted by Gasteiger charge is -2.40. The molecule has 2 rings (SSSR count). The molecule has 0 radical (unpaired) electrons. The maximum absolute atomic E-state index is 12.7. The first-order valence-corrected chi connectivity index (χ1v) is 13.1. The van der Waals surface area contributed by atoms with Gasteiger partial charge in [-0.1, -0.05) is 48.5 Å². The Kier molecular flexibility index (Phi) is 10.9. The van der Waals surface area contributed by atoms with E-state index in [4.69, 9.17) is 23.7 Å². The van der Waals surface area contributed by atoms with E-state index in [0.717, 1.165) is 0 Å². The maximum atomic E-state index is 12.7. The molecule has 38 heavy (non-hydrogen) atoms. The van der Waals surface area contributed by atoms with Gasteiger partial charge in [-0.05, 0) is 29.4 Å². The normalized spacial score (nSPS) is 25.2. The smallest absolute Gasteiger partial charge is 0.309 e. The molecular formula is C28H42O10. The van der Waals surface area contributed by atoms with Crippen LogP contribution in [-0.2, 0) is 42.9 Å². The monoisotopic (exact) mass is 538 g/mol. The third-order valence-corrected chi connectivity index (χ3v) is 6.59. The molecular weight excluding hydrogens is 496 g/mol. The summed E-state index contributed by atoms with van der Waals surface area (Å²) < 4.78 is 27.7. The lowest BCUT2D eigenvalue weighted by atomic mass is 9.82. The molecule has 10 heteroatoms. The number of hydrogen-bond donors (Lipinski definition) is 1. The van der Waals surface area contributed by atoms with Crippen LogP contribution in [0.25, 0.3) is 0 Å². The molecule has 0 saturated carbocycles. The van der Waals surface area contributed by atoms with Crippen LogP contribution in [0.1, 0.15) is 68.2 Å². The molecule has 0 fully saturated rings. The van der Waals surface area contributed by atoms with Crippen molar-refractivity contribution in [1.29, 1.82) is 0 Å². The molecule has 0 aromatic heterocycles. The van der Waals surface area contributed by atoms with Crippen molar-refractivity contribution in [3.05, 3.63) is 23.5 Å². The number of ether oxygens (including phenoxy) is 5. The average molecular weight is 539 g/mol. The Balaban J connectivity index is 2.48. The third kappa shape index (κ3) is 8.06. The van der Waals surface area contributed by atoms with Gasteiger partial charge in [-0.15, -0.1) is 0 Å². The van der Waals surface area contributed by atoms with Crippen LogP contribution in [-0.4, -0.2) is 60.2 Å². The van der Waals surface area contributed by atoms with Gasteiger partial charge in [0.25, 0.3) is 6.29 Å². The summed E-state index contributed by atoms with van der Waals surface area (Å²) in [4.78, 5) is 49.4. The summed E-state index contributed by atoms with van der Waals surface area (Å²) in [6.07, 6.45) is 0.484. The van der Waals surface area contributed by atoms with Crippen molar-refractivity contribution in [2.45, 2.75) is 86.2 Å². The van der Waals surface area contributed by atoms with E-state index in [-0.39, 0.29) is 37.2 Å². The summed E-state index contributed by atoms with van der Waals surface area (Å²) >= 11 is 0. The van der Waals surface area contributed by atoms with E-state index < -0.39 is 60.3 Å². The molecule has 1 aliphatic heterocycles. The van der Waals surface area contributed by atoms with E-state index in [0.29, 0.717) is 11.1 Å². The summed E-state index contributed by atoms with van der Waals surface area (Å²) in [5, 5.41) is 12.0. The van der Waals surface area contributed by atoms with Crippen molar-refractivity contribution in [2.75, 3.05) is 13.2 Å². The summed E-state index contributed by atoms with van der Waals surface area (Å²) in [6, 6.07) is 0. The van der Waals surface area contributed by atoms with Gasteiger partial charge in [0, 0.05) is 25.3 Å². The van der Waals surface area contributed by atoms with E-state index in [9.17, 15) is 24.3 Å². The highest BCUT2D eigenvalue weighted by Crippen LogP contribution is 2.47. The second-order valence-corrected chi connectivity index (χ2v) is 11.3. The van der Waals surface area contributed by atoms with Crippen LogP contribution in [0.4, 0.5) is 0 Å². The fourth-order valence-electron chi connectivity index (χ4n) is 4.17. The summed E-state index contributed by atoms with van der Waals surface area (Å²) in [7, 11) is 0. The van der Waals surface area contributed by atoms with Gasteiger partial charge in [0.15, 0.2) is 11.7 Å². The van der Waals surface area contributed by atoms with Crippen LogP contribution in [0.5, 0.6) is 0 Å². The highest BCUT2D eigenvalue weighted by Gasteiger charge is 2.59. The molecule has 2 aliphatic rings. The zero-order valence-electron chi connectivity index (χ0n) is 23.6. The molecule has 1 heterocycles. The Morgan fingerprint density at radius 3 is 2.05 bits per heavy atom. The number of hydrogen-bond acceptors (Lipinski definition) is 10. The third-order valence-electron chi connectivity index (χ3n) is 6.59. The van der Waals surface area contributed by atoms with Gasteiger partial charge in [-0.2, -0.15) is 0 Å². The summed E-state index contributed by atoms with van der Waals surface area (Å²) in [5.41, 5.74) is -1.21. The predicted molar refractivity (Wildman–Crippen MR) is 136 cm³/mol. The zero-order valence-corrected chi connectivity index (χ0v) is 23.6. The Morgan fingerprint density at radius 2 is 1.53 bits per heavy atom. The first-order valence-electron chi connectivity index (χ1n) is 13.1. The topological polar surface area (TPSA) is 135 Å². The first-order chi connectivity index (χ1) is 17.6. The van der Waals surface area contributed by atoms with Gasteiger partial charge in [-0.25, -0.2) is 0 Å². The Bertz CT molecular complexity index is 947. The quantitative estimate of drug-likeness (QED) is 0.291. The number of rotatable bonds is 12. The zero-order chi connectivity index (χ0) is 28.8. The van der Waals surface area contributed by atoms with E-state index in [2.05, 4.69) is 0 Å². The van der Waals surface area contributed by atoms with Crippen LogP contribution in [0.3, 0.4) is 0 Å². The Labute approximate surface area is 224 Å². The molecule has 10 nitrogen and oxygen atoms in total. The number of fused-ring (bicyclic) bond motifs is 1. The Hall–Kier alpha value is -2.88. The largest absolute Gasteiger partial charge is 0.462 e. The van der Waals surface area contributed by atoms with E-state index in [1.165, 1.54) is 19.3 Å². The van der Waals surface area contributed by atoms with Crippen molar-refractivity contribution in [2.24, 2.45) is 29.6 Å². The van der Waals surface area contributed by atoms with Crippen molar-refractivity contribution < 1.29 is 48.0 Å². The van der Waals surface area contributed by atoms with E-state index in [1.54, 1.807) is 6.92 Å². The molecule has 1 unspecified atom stereocenters. The molecule has 5 atom stereocenters. The van der Waals surface area contributed by atoms with Crippen molar-refractivity contribution >= 4 is 23.9 Å². The van der Waals surface area contributed by atoms with Crippen molar-refractivity contribution in [3.8, 4) is 0 Å². The van der Waals surface area contributed by atoms with Crippen LogP contribution in [0, 0.1) is 29.6 Å². The molecule has 0 bridgehead atoms. The second kappa shape index (κ2) is 13.3.